The van der Waals surface area contributed by atoms with Crippen LogP contribution in [-0.4, -0.2) is 0 Å². The third-order valence-corrected chi connectivity index (χ3v) is 4.42. The van der Waals surface area contributed by atoms with Gasteiger partial charge in [0.2, 0.25) is 0 Å². The summed E-state index contributed by atoms with van der Waals surface area (Å²) in [7, 11) is 0. The van der Waals surface area contributed by atoms with Crippen LogP contribution in [0.4, 0.5) is 5.69 Å². The summed E-state index contributed by atoms with van der Waals surface area (Å²) in [6, 6.07) is 11.1. The maximum atomic E-state index is 3.60. The predicted molar refractivity (Wildman–Crippen MR) is 79.9 cm³/mol. The number of benzene rings is 1. The molecule has 1 aromatic heterocycles. The van der Waals surface area contributed by atoms with Gasteiger partial charge >= 0.3 is 0 Å². The first-order valence-corrected chi connectivity index (χ1v) is 7.44. The number of halogens is 1. The van der Waals surface area contributed by atoms with Gasteiger partial charge in [-0.1, -0.05) is 19.1 Å². The highest BCUT2D eigenvalue weighted by molar-refractivity contribution is 9.10. The van der Waals surface area contributed by atoms with E-state index >= 15 is 0 Å². The molecule has 0 bridgehead atoms. The first kappa shape index (κ1) is 12.7. The number of nitrogens with one attached hydrogen (secondary N) is 1. The summed E-state index contributed by atoms with van der Waals surface area (Å²) in [5.74, 6) is 0. The van der Waals surface area contributed by atoms with E-state index in [9.17, 15) is 0 Å². The number of rotatable bonds is 4. The van der Waals surface area contributed by atoms with Crippen molar-refractivity contribution < 1.29 is 0 Å². The van der Waals surface area contributed by atoms with E-state index in [4.69, 9.17) is 0 Å². The van der Waals surface area contributed by atoms with Crippen LogP contribution in [-0.2, 0) is 0 Å². The fraction of sp³-hybridized carbons (Fsp3) is 0.286. The van der Waals surface area contributed by atoms with Crippen molar-refractivity contribution >= 4 is 33.0 Å². The lowest BCUT2D eigenvalue weighted by atomic mass is 10.1. The molecule has 90 valence electrons. The van der Waals surface area contributed by atoms with Gasteiger partial charge in [-0.3, -0.25) is 0 Å². The molecule has 17 heavy (non-hydrogen) atoms. The minimum atomic E-state index is 0.396. The van der Waals surface area contributed by atoms with E-state index < -0.39 is 0 Å². The summed E-state index contributed by atoms with van der Waals surface area (Å²) in [5.41, 5.74) is 2.45. The quantitative estimate of drug-likeness (QED) is 0.799. The van der Waals surface area contributed by atoms with E-state index in [2.05, 4.69) is 70.8 Å². The fourth-order valence-electron chi connectivity index (χ4n) is 1.80. The molecular weight excluding hydrogens is 294 g/mol. The Kier molecular flexibility index (Phi) is 4.24. The lowest BCUT2D eigenvalue weighted by Crippen LogP contribution is -2.08. The smallest absolute Gasteiger partial charge is 0.0604 e. The first-order chi connectivity index (χ1) is 8.20. The van der Waals surface area contributed by atoms with Crippen molar-refractivity contribution in [1.29, 1.82) is 0 Å². The largest absolute Gasteiger partial charge is 0.377 e. The number of aryl methyl sites for hydroxylation is 1. The Bertz CT molecular complexity index is 479. The van der Waals surface area contributed by atoms with E-state index in [-0.39, 0.29) is 0 Å². The molecular formula is C14H16BrNS. The van der Waals surface area contributed by atoms with Crippen molar-refractivity contribution in [3.63, 3.8) is 0 Å². The third kappa shape index (κ3) is 3.11. The Morgan fingerprint density at radius 2 is 2.18 bits per heavy atom. The lowest BCUT2D eigenvalue weighted by Gasteiger charge is -2.18. The van der Waals surface area contributed by atoms with Gasteiger partial charge in [0.1, 0.15) is 0 Å². The number of anilines is 1. The molecule has 0 spiro atoms. The van der Waals surface area contributed by atoms with Gasteiger partial charge in [0, 0.05) is 15.0 Å². The van der Waals surface area contributed by atoms with Gasteiger partial charge in [-0.2, -0.15) is 0 Å². The van der Waals surface area contributed by atoms with Gasteiger partial charge in [0.05, 0.1) is 6.04 Å². The van der Waals surface area contributed by atoms with E-state index in [1.54, 1.807) is 0 Å². The Balaban J connectivity index is 2.21. The van der Waals surface area contributed by atoms with Crippen LogP contribution < -0.4 is 5.32 Å². The van der Waals surface area contributed by atoms with E-state index in [0.29, 0.717) is 6.04 Å². The molecule has 0 saturated carbocycles. The van der Waals surface area contributed by atoms with E-state index in [0.717, 1.165) is 10.9 Å². The fourth-order valence-corrected chi connectivity index (χ4v) is 3.02. The Labute approximate surface area is 115 Å². The summed E-state index contributed by atoms with van der Waals surface area (Å²) < 4.78 is 1.12. The van der Waals surface area contributed by atoms with Gasteiger partial charge < -0.3 is 5.32 Å². The predicted octanol–water partition coefficient (Wildman–Crippen LogP) is 5.38. The molecule has 0 fully saturated rings. The van der Waals surface area contributed by atoms with Crippen molar-refractivity contribution in [2.75, 3.05) is 5.32 Å². The van der Waals surface area contributed by atoms with Crippen molar-refractivity contribution in [3.05, 3.63) is 50.6 Å². The van der Waals surface area contributed by atoms with Crippen LogP contribution >= 0.6 is 27.3 Å². The summed E-state index contributed by atoms with van der Waals surface area (Å²) in [5, 5.41) is 5.73. The maximum Gasteiger partial charge on any atom is 0.0604 e. The molecule has 0 amide bonds. The molecule has 1 unspecified atom stereocenters. The number of thiophene rings is 1. The highest BCUT2D eigenvalue weighted by Gasteiger charge is 2.11. The zero-order valence-corrected chi connectivity index (χ0v) is 12.4. The van der Waals surface area contributed by atoms with Crippen molar-refractivity contribution in [3.8, 4) is 0 Å². The maximum absolute atomic E-state index is 3.60. The van der Waals surface area contributed by atoms with Crippen molar-refractivity contribution in [1.82, 2.24) is 0 Å². The molecule has 1 heterocycles. The van der Waals surface area contributed by atoms with Gasteiger partial charge in [-0.05, 0) is 58.4 Å². The average Bonchev–Trinajstić information content (AvgIpc) is 2.84. The third-order valence-electron chi connectivity index (χ3n) is 2.75. The van der Waals surface area contributed by atoms with Crippen LogP contribution in [0.15, 0.2) is 40.2 Å². The van der Waals surface area contributed by atoms with E-state index in [1.165, 1.54) is 16.1 Å². The summed E-state index contributed by atoms with van der Waals surface area (Å²) >= 11 is 5.40. The summed E-state index contributed by atoms with van der Waals surface area (Å²) in [4.78, 5) is 1.39. The van der Waals surface area contributed by atoms with Crippen LogP contribution in [0.25, 0.3) is 0 Å². The lowest BCUT2D eigenvalue weighted by molar-refractivity contribution is 0.763. The molecule has 1 atom stereocenters. The van der Waals surface area contributed by atoms with Crippen molar-refractivity contribution in [2.45, 2.75) is 26.3 Å². The van der Waals surface area contributed by atoms with E-state index in [1.807, 2.05) is 11.3 Å². The Morgan fingerprint density at radius 3 is 2.82 bits per heavy atom. The standard InChI is InChI=1S/C14H16BrNS/c1-3-12(14-5-4-8-17-14)16-13-9-10(2)6-7-11(13)15/h4-9,12,16H,3H2,1-2H3. The first-order valence-electron chi connectivity index (χ1n) is 5.76. The number of hydrogen-bond acceptors (Lipinski definition) is 2. The van der Waals surface area contributed by atoms with Crippen LogP contribution in [0.5, 0.6) is 0 Å². The zero-order chi connectivity index (χ0) is 12.3. The normalized spacial score (nSPS) is 12.4. The minimum absolute atomic E-state index is 0.396. The van der Waals surface area contributed by atoms with Crippen molar-refractivity contribution in [2.24, 2.45) is 0 Å². The van der Waals surface area contributed by atoms with Gasteiger partial charge in [-0.25, -0.2) is 0 Å². The molecule has 1 nitrogen and oxygen atoms in total. The second kappa shape index (κ2) is 5.69. The van der Waals surface area contributed by atoms with Crippen LogP contribution in [0, 0.1) is 6.92 Å². The molecule has 3 heteroatoms. The Hall–Kier alpha value is -0.800. The highest BCUT2D eigenvalue weighted by atomic mass is 79.9. The molecule has 2 rings (SSSR count). The van der Waals surface area contributed by atoms with Gasteiger partial charge in [-0.15, -0.1) is 11.3 Å². The van der Waals surface area contributed by atoms with Crippen LogP contribution in [0.1, 0.15) is 29.8 Å². The van der Waals surface area contributed by atoms with Gasteiger partial charge in [0.25, 0.3) is 0 Å². The topological polar surface area (TPSA) is 12.0 Å². The minimum Gasteiger partial charge on any atom is -0.377 e. The highest BCUT2D eigenvalue weighted by Crippen LogP contribution is 2.30. The summed E-state index contributed by atoms with van der Waals surface area (Å²) in [6.07, 6.45) is 1.08. The molecule has 0 radical (unpaired) electrons. The second-order valence-corrected chi connectivity index (χ2v) is 5.94. The summed E-state index contributed by atoms with van der Waals surface area (Å²) in [6.45, 7) is 4.32. The van der Waals surface area contributed by atoms with Gasteiger partial charge in [0.15, 0.2) is 0 Å². The molecule has 0 aliphatic carbocycles. The molecule has 1 N–H and O–H groups in total. The van der Waals surface area contributed by atoms with Crippen LogP contribution in [0.2, 0.25) is 0 Å². The molecule has 0 aliphatic rings. The molecule has 1 aromatic carbocycles. The SMILES string of the molecule is CCC(Nc1cc(C)ccc1Br)c1cccs1. The zero-order valence-electron chi connectivity index (χ0n) is 10.0. The molecule has 0 saturated heterocycles. The molecule has 0 aliphatic heterocycles. The molecule has 2 aromatic rings. The number of hydrogen-bond donors (Lipinski definition) is 1. The second-order valence-electron chi connectivity index (χ2n) is 4.10. The van der Waals surface area contributed by atoms with Crippen LogP contribution in [0.3, 0.4) is 0 Å². The Morgan fingerprint density at radius 1 is 1.35 bits per heavy atom. The monoisotopic (exact) mass is 309 g/mol. The average molecular weight is 310 g/mol.